The lowest BCUT2D eigenvalue weighted by Gasteiger charge is -2.19. The van der Waals surface area contributed by atoms with E-state index in [1.807, 2.05) is 6.92 Å². The molecule has 1 aromatic carbocycles. The summed E-state index contributed by atoms with van der Waals surface area (Å²) in [5.41, 5.74) is 0.0717. The Morgan fingerprint density at radius 1 is 1.12 bits per heavy atom. The molecular formula is C23H31N3O7S. The van der Waals surface area contributed by atoms with Crippen molar-refractivity contribution in [1.29, 1.82) is 0 Å². The molecule has 1 heterocycles. The maximum atomic E-state index is 12.7. The van der Waals surface area contributed by atoms with Crippen LogP contribution in [-0.4, -0.2) is 67.0 Å². The fourth-order valence-corrected chi connectivity index (χ4v) is 3.75. The lowest BCUT2D eigenvalue weighted by atomic mass is 10.2. The highest BCUT2D eigenvalue weighted by atomic mass is 32.2. The second-order valence-corrected chi connectivity index (χ2v) is 9.20. The largest absolute Gasteiger partial charge is 0.493 e. The first kappa shape index (κ1) is 27.0. The van der Waals surface area contributed by atoms with Crippen LogP contribution < -0.4 is 20.1 Å². The predicted molar refractivity (Wildman–Crippen MR) is 129 cm³/mol. The molecule has 0 saturated carbocycles. The average Bonchev–Trinajstić information content (AvgIpc) is 3.01. The number of nitrogens with zero attached hydrogens (tertiary/aromatic N) is 1. The van der Waals surface area contributed by atoms with E-state index < -0.39 is 22.8 Å². The molecule has 0 unspecified atom stereocenters. The predicted octanol–water partition coefficient (Wildman–Crippen LogP) is 3.16. The van der Waals surface area contributed by atoms with Gasteiger partial charge in [0.1, 0.15) is 5.60 Å². The number of ether oxygens (including phenoxy) is 3. The quantitative estimate of drug-likeness (QED) is 0.477. The molecule has 0 aliphatic carbocycles. The monoisotopic (exact) mass is 493 g/mol. The first-order chi connectivity index (χ1) is 16.0. The van der Waals surface area contributed by atoms with Crippen LogP contribution in [0.3, 0.4) is 0 Å². The van der Waals surface area contributed by atoms with Crippen LogP contribution in [-0.2, 0) is 14.3 Å². The highest BCUT2D eigenvalue weighted by Gasteiger charge is 2.34. The van der Waals surface area contributed by atoms with Crippen molar-refractivity contribution in [3.63, 3.8) is 0 Å². The fraction of sp³-hybridized carbons (Fsp3) is 0.478. The highest BCUT2D eigenvalue weighted by molar-refractivity contribution is 8.18. The summed E-state index contributed by atoms with van der Waals surface area (Å²) in [6, 6.07) is 5.24. The molecule has 2 N–H and O–H groups in total. The van der Waals surface area contributed by atoms with Gasteiger partial charge in [-0.15, -0.1) is 0 Å². The number of imide groups is 1. The van der Waals surface area contributed by atoms with Crippen LogP contribution in [0.2, 0.25) is 0 Å². The van der Waals surface area contributed by atoms with Crippen LogP contribution >= 0.6 is 11.8 Å². The number of alkyl carbamates (subject to hydrolysis) is 1. The lowest BCUT2D eigenvalue weighted by Crippen LogP contribution is -2.39. The van der Waals surface area contributed by atoms with Crippen molar-refractivity contribution in [3.8, 4) is 11.5 Å². The van der Waals surface area contributed by atoms with E-state index in [2.05, 4.69) is 10.6 Å². The Kier molecular flexibility index (Phi) is 9.79. The van der Waals surface area contributed by atoms with Crippen LogP contribution in [0.1, 0.15) is 39.7 Å². The number of thioether (sulfide) groups is 1. The molecule has 34 heavy (non-hydrogen) atoms. The van der Waals surface area contributed by atoms with E-state index in [9.17, 15) is 19.2 Å². The van der Waals surface area contributed by atoms with Crippen LogP contribution in [0.15, 0.2) is 23.1 Å². The molecule has 1 saturated heterocycles. The summed E-state index contributed by atoms with van der Waals surface area (Å²) in [6.45, 7) is 7.85. The third-order valence-corrected chi connectivity index (χ3v) is 5.24. The van der Waals surface area contributed by atoms with Crippen molar-refractivity contribution in [1.82, 2.24) is 15.5 Å². The minimum absolute atomic E-state index is 0.0415. The Bertz CT molecular complexity index is 956. The number of carbonyl (C=O) groups excluding carboxylic acids is 4. The Morgan fingerprint density at radius 2 is 1.85 bits per heavy atom. The van der Waals surface area contributed by atoms with Crippen molar-refractivity contribution in [3.05, 3.63) is 28.7 Å². The third-order valence-electron chi connectivity index (χ3n) is 4.34. The number of carbonyl (C=O) groups is 4. The molecule has 0 spiro atoms. The van der Waals surface area contributed by atoms with Crippen LogP contribution in [0, 0.1) is 0 Å². The zero-order chi connectivity index (χ0) is 25.3. The van der Waals surface area contributed by atoms with Crippen molar-refractivity contribution in [2.45, 2.75) is 39.7 Å². The molecule has 0 atom stereocenters. The van der Waals surface area contributed by atoms with Crippen molar-refractivity contribution in [2.24, 2.45) is 0 Å². The smallest absolute Gasteiger partial charge is 0.407 e. The van der Waals surface area contributed by atoms with E-state index in [0.29, 0.717) is 23.7 Å². The van der Waals surface area contributed by atoms with Crippen molar-refractivity contribution < 1.29 is 33.4 Å². The Morgan fingerprint density at radius 3 is 2.50 bits per heavy atom. The van der Waals surface area contributed by atoms with Crippen molar-refractivity contribution >= 4 is 41.0 Å². The van der Waals surface area contributed by atoms with Crippen LogP contribution in [0.25, 0.3) is 6.08 Å². The minimum atomic E-state index is -0.620. The van der Waals surface area contributed by atoms with Gasteiger partial charge in [-0.3, -0.25) is 19.3 Å². The van der Waals surface area contributed by atoms with Crippen LogP contribution in [0.4, 0.5) is 9.59 Å². The van der Waals surface area contributed by atoms with Gasteiger partial charge >= 0.3 is 6.09 Å². The number of hydrogen-bond donors (Lipinski definition) is 2. The topological polar surface area (TPSA) is 123 Å². The minimum Gasteiger partial charge on any atom is -0.493 e. The summed E-state index contributed by atoms with van der Waals surface area (Å²) in [5.74, 6) is 0.370. The Balaban J connectivity index is 1.84. The van der Waals surface area contributed by atoms with E-state index in [1.165, 1.54) is 7.11 Å². The van der Waals surface area contributed by atoms with Gasteiger partial charge in [-0.2, -0.15) is 0 Å². The number of rotatable bonds is 10. The van der Waals surface area contributed by atoms with Crippen LogP contribution in [0.5, 0.6) is 11.5 Å². The Labute approximate surface area is 203 Å². The molecule has 1 fully saturated rings. The maximum absolute atomic E-state index is 12.7. The normalized spacial score (nSPS) is 14.9. The molecule has 0 bridgehead atoms. The molecule has 4 amide bonds. The second-order valence-electron chi connectivity index (χ2n) is 8.21. The van der Waals surface area contributed by atoms with Gasteiger partial charge in [0.2, 0.25) is 5.91 Å². The second kappa shape index (κ2) is 12.3. The van der Waals surface area contributed by atoms with E-state index >= 15 is 0 Å². The lowest BCUT2D eigenvalue weighted by molar-refractivity contribution is -0.124. The average molecular weight is 494 g/mol. The van der Waals surface area contributed by atoms with Gasteiger partial charge in [-0.25, -0.2) is 4.79 Å². The van der Waals surface area contributed by atoms with Gasteiger partial charge in [0, 0.05) is 26.1 Å². The number of hydrogen-bond acceptors (Lipinski definition) is 8. The summed E-state index contributed by atoms with van der Waals surface area (Å²) in [6.07, 6.45) is 1.06. The molecular weight excluding hydrogens is 462 g/mol. The summed E-state index contributed by atoms with van der Waals surface area (Å²) in [4.78, 5) is 49.9. The van der Waals surface area contributed by atoms with Gasteiger partial charge < -0.3 is 24.8 Å². The molecule has 10 nitrogen and oxygen atoms in total. The fourth-order valence-electron chi connectivity index (χ4n) is 2.88. The van der Waals surface area contributed by atoms with Gasteiger partial charge in [0.25, 0.3) is 11.1 Å². The van der Waals surface area contributed by atoms with Gasteiger partial charge in [-0.05, 0) is 63.2 Å². The third kappa shape index (κ3) is 8.29. The Hall–Kier alpha value is -3.21. The van der Waals surface area contributed by atoms with Gasteiger partial charge in [0.15, 0.2) is 11.5 Å². The number of benzene rings is 1. The maximum Gasteiger partial charge on any atom is 0.407 e. The first-order valence-corrected chi connectivity index (χ1v) is 11.7. The summed E-state index contributed by atoms with van der Waals surface area (Å²) < 4.78 is 15.9. The van der Waals surface area contributed by atoms with E-state index in [-0.39, 0.29) is 36.9 Å². The summed E-state index contributed by atoms with van der Waals surface area (Å²) in [5, 5.41) is 4.72. The summed E-state index contributed by atoms with van der Waals surface area (Å²) >= 11 is 0.837. The van der Waals surface area contributed by atoms with Gasteiger partial charge in [0.05, 0.1) is 18.6 Å². The number of nitrogens with one attached hydrogen (secondary N) is 2. The van der Waals surface area contributed by atoms with E-state index in [1.54, 1.807) is 45.0 Å². The van der Waals surface area contributed by atoms with E-state index in [0.717, 1.165) is 16.7 Å². The molecule has 0 aromatic heterocycles. The molecule has 11 heteroatoms. The molecule has 2 rings (SSSR count). The highest BCUT2D eigenvalue weighted by Crippen LogP contribution is 2.34. The summed E-state index contributed by atoms with van der Waals surface area (Å²) in [7, 11) is 1.53. The molecule has 1 aromatic rings. The molecule has 1 aliphatic heterocycles. The number of amides is 4. The van der Waals surface area contributed by atoms with E-state index in [4.69, 9.17) is 14.2 Å². The SMILES string of the molecule is CCOc1ccc(/C=C2\SC(=O)N(CCNC(=O)CCNC(=O)OC(C)(C)C)C2=O)cc1OC. The molecule has 0 radical (unpaired) electrons. The standard InChI is InChI=1S/C23H31N3O7S/c1-6-32-16-8-7-15(13-17(16)31-5)14-18-20(28)26(22(30)34-18)12-11-24-19(27)9-10-25-21(29)33-23(2,3)4/h7-8,13-14H,6,9-12H2,1-5H3,(H,24,27)(H,25,29)/b18-14-. The number of methoxy groups -OCH3 is 1. The zero-order valence-corrected chi connectivity index (χ0v) is 20.9. The molecule has 1 aliphatic rings. The zero-order valence-electron chi connectivity index (χ0n) is 20.1. The molecule has 186 valence electrons. The van der Waals surface area contributed by atoms with Crippen molar-refractivity contribution in [2.75, 3.05) is 33.4 Å². The first-order valence-electron chi connectivity index (χ1n) is 10.8. The van der Waals surface area contributed by atoms with Gasteiger partial charge in [-0.1, -0.05) is 6.07 Å².